The van der Waals surface area contributed by atoms with Gasteiger partial charge in [0.15, 0.2) is 0 Å². The second-order valence-electron chi connectivity index (χ2n) is 13.4. The highest BCUT2D eigenvalue weighted by Gasteiger charge is 2.20. The lowest BCUT2D eigenvalue weighted by Crippen LogP contribution is -2.35. The van der Waals surface area contributed by atoms with Crippen molar-refractivity contribution in [1.82, 2.24) is 0 Å². The van der Waals surface area contributed by atoms with E-state index in [1.807, 2.05) is 0 Å². The van der Waals surface area contributed by atoms with E-state index >= 15 is 0 Å². The Balaban J connectivity index is 4.20. The average Bonchev–Trinajstić information content (AvgIpc) is 3.07. The molecule has 9 heteroatoms. The maximum absolute atomic E-state index is 12.6. The van der Waals surface area contributed by atoms with Gasteiger partial charge in [-0.3, -0.25) is 9.59 Å². The van der Waals surface area contributed by atoms with E-state index in [1.54, 1.807) is 0 Å². The molecule has 0 spiro atoms. The highest BCUT2D eigenvalue weighted by atomic mass is 32.2. The van der Waals surface area contributed by atoms with E-state index in [2.05, 4.69) is 18.6 Å². The Morgan fingerprint density at radius 3 is 1.33 bits per heavy atom. The van der Waals surface area contributed by atoms with Crippen molar-refractivity contribution in [1.29, 1.82) is 0 Å². The fourth-order valence-corrected chi connectivity index (χ4v) is 6.66. The van der Waals surface area contributed by atoms with Gasteiger partial charge < -0.3 is 19.9 Å². The van der Waals surface area contributed by atoms with Gasteiger partial charge in [-0.25, -0.2) is 9.59 Å². The molecule has 2 atom stereocenters. The van der Waals surface area contributed by atoms with Crippen molar-refractivity contribution in [2.24, 2.45) is 5.73 Å². The maximum atomic E-state index is 12.6. The number of hydrogen-bond donors (Lipinski definition) is 1. The van der Waals surface area contributed by atoms with Gasteiger partial charge in [-0.15, -0.1) is 0 Å². The lowest BCUT2D eigenvalue weighted by Gasteiger charge is -2.18. The number of nitrogens with two attached hydrogens (primary N) is 1. The molecule has 0 aromatic heterocycles. The molecule has 48 heavy (non-hydrogen) atoms. The predicted molar refractivity (Wildman–Crippen MR) is 199 cm³/mol. The van der Waals surface area contributed by atoms with Crippen molar-refractivity contribution in [2.75, 3.05) is 18.1 Å². The van der Waals surface area contributed by atoms with Crippen LogP contribution in [0, 0.1) is 0 Å². The molecular formula is C39H72NO7S. The minimum atomic E-state index is -1.00. The van der Waals surface area contributed by atoms with Crippen LogP contribution in [0.4, 0.5) is 0 Å². The number of hydrogen-bond acceptors (Lipinski definition) is 9. The fourth-order valence-electron chi connectivity index (χ4n) is 5.70. The molecule has 0 fully saturated rings. The van der Waals surface area contributed by atoms with Crippen molar-refractivity contribution >= 4 is 36.1 Å². The van der Waals surface area contributed by atoms with E-state index in [4.69, 9.17) is 15.2 Å². The van der Waals surface area contributed by atoms with E-state index in [1.165, 1.54) is 140 Å². The van der Waals surface area contributed by atoms with Crippen LogP contribution in [0.1, 0.15) is 194 Å². The van der Waals surface area contributed by atoms with Crippen LogP contribution in [0.3, 0.4) is 0 Å². The Kier molecular flexibility index (Phi) is 35.4. The molecule has 1 radical (unpaired) electrons. The van der Waals surface area contributed by atoms with Gasteiger partial charge in [0.05, 0.1) is 0 Å². The molecule has 0 aliphatic rings. The number of esters is 3. The zero-order valence-electron chi connectivity index (χ0n) is 30.9. The summed E-state index contributed by atoms with van der Waals surface area (Å²) in [6.45, 7) is 5.56. The third-order valence-corrected chi connectivity index (χ3v) is 9.95. The van der Waals surface area contributed by atoms with E-state index in [0.717, 1.165) is 45.0 Å². The summed E-state index contributed by atoms with van der Waals surface area (Å²) in [5.74, 6) is -0.988. The topological polar surface area (TPSA) is 122 Å². The first-order valence-corrected chi connectivity index (χ1v) is 20.9. The Morgan fingerprint density at radius 1 is 0.562 bits per heavy atom. The summed E-state index contributed by atoms with van der Waals surface area (Å²) in [6.07, 6.45) is 32.2. The minimum absolute atomic E-state index is 0.0313. The molecule has 0 amide bonds. The summed E-state index contributed by atoms with van der Waals surface area (Å²) >= 11 is 1.28. The number of thioether (sulfide) groups is 1. The van der Waals surface area contributed by atoms with Gasteiger partial charge in [0.1, 0.15) is 18.8 Å². The Morgan fingerprint density at radius 2 is 0.938 bits per heavy atom. The molecular weight excluding hydrogens is 626 g/mol. The van der Waals surface area contributed by atoms with Crippen LogP contribution in [-0.2, 0) is 33.4 Å². The SMILES string of the molecule is CCCCCCCCCCCCCCCC(=O)OC[C@@H](CSC[C@H](N)C(=O)O[C]=O)OC(=O)CCCCCCCCCCCCCCC. The number of ether oxygens (including phenoxy) is 3. The summed E-state index contributed by atoms with van der Waals surface area (Å²) in [7, 11) is 0. The van der Waals surface area contributed by atoms with E-state index in [0.29, 0.717) is 18.6 Å². The molecule has 8 nitrogen and oxygen atoms in total. The van der Waals surface area contributed by atoms with Gasteiger partial charge in [-0.1, -0.05) is 168 Å². The van der Waals surface area contributed by atoms with Crippen LogP contribution in [0.15, 0.2) is 0 Å². The average molecular weight is 699 g/mol. The van der Waals surface area contributed by atoms with Gasteiger partial charge >= 0.3 is 24.4 Å². The van der Waals surface area contributed by atoms with Gasteiger partial charge in [0, 0.05) is 24.3 Å². The summed E-state index contributed by atoms with van der Waals surface area (Å²) in [5.41, 5.74) is 5.75. The van der Waals surface area contributed by atoms with Crippen molar-refractivity contribution in [3.8, 4) is 0 Å². The summed E-state index contributed by atoms with van der Waals surface area (Å²) in [4.78, 5) is 46.9. The third-order valence-electron chi connectivity index (χ3n) is 8.74. The Labute approximate surface area is 298 Å². The molecule has 0 aliphatic heterocycles. The van der Waals surface area contributed by atoms with Gasteiger partial charge in [0.25, 0.3) is 0 Å². The minimum Gasteiger partial charge on any atom is -0.462 e. The van der Waals surface area contributed by atoms with Crippen LogP contribution in [0.5, 0.6) is 0 Å². The molecule has 0 bridgehead atoms. The molecule has 0 unspecified atom stereocenters. The smallest absolute Gasteiger partial charge is 0.425 e. The largest absolute Gasteiger partial charge is 0.462 e. The number of carbonyl (C=O) groups excluding carboxylic acids is 4. The first-order valence-electron chi connectivity index (χ1n) is 19.7. The fraction of sp³-hybridized carbons (Fsp3) is 0.897. The quantitative estimate of drug-likeness (QED) is 0.0292. The van der Waals surface area contributed by atoms with Crippen molar-refractivity contribution in [2.45, 2.75) is 206 Å². The van der Waals surface area contributed by atoms with Gasteiger partial charge in [-0.2, -0.15) is 11.8 Å². The van der Waals surface area contributed by atoms with Gasteiger partial charge in [0.2, 0.25) is 0 Å². The molecule has 0 aliphatic carbocycles. The summed E-state index contributed by atoms with van der Waals surface area (Å²) in [5, 5.41) is 0. The molecule has 0 saturated heterocycles. The monoisotopic (exact) mass is 699 g/mol. The molecule has 0 aromatic rings. The molecule has 0 saturated carbocycles. The Bertz CT molecular complexity index is 767. The van der Waals surface area contributed by atoms with Crippen LogP contribution in [0.25, 0.3) is 0 Å². The van der Waals surface area contributed by atoms with Crippen LogP contribution in [-0.4, -0.2) is 54.6 Å². The standard InChI is InChI=1S/C39H72NO7S/c1-3-5-7-9-11-13-15-17-19-21-23-25-27-29-37(42)45-31-35(32-48-33-36(40)39(44)46-34-41)47-38(43)30-28-26-24-22-20-18-16-14-12-10-8-6-4-2/h35-36H,3-33,40H2,1-2H3/t35-,36-/m0/s1. The highest BCUT2D eigenvalue weighted by molar-refractivity contribution is 7.99. The lowest BCUT2D eigenvalue weighted by molar-refractivity contribution is -0.157. The first-order chi connectivity index (χ1) is 23.4. The van der Waals surface area contributed by atoms with Crippen molar-refractivity contribution in [3.63, 3.8) is 0 Å². The normalized spacial score (nSPS) is 12.4. The van der Waals surface area contributed by atoms with Crippen molar-refractivity contribution in [3.05, 3.63) is 0 Å². The molecule has 0 aromatic carbocycles. The van der Waals surface area contributed by atoms with Crippen molar-refractivity contribution < 1.29 is 33.4 Å². The first kappa shape index (κ1) is 46.4. The highest BCUT2D eigenvalue weighted by Crippen LogP contribution is 2.16. The zero-order chi connectivity index (χ0) is 35.3. The van der Waals surface area contributed by atoms with Gasteiger partial charge in [-0.05, 0) is 12.8 Å². The second-order valence-corrected chi connectivity index (χ2v) is 14.5. The number of unbranched alkanes of at least 4 members (excludes halogenated alkanes) is 24. The van der Waals surface area contributed by atoms with E-state index < -0.39 is 18.1 Å². The second kappa shape index (κ2) is 36.7. The molecule has 2 N–H and O–H groups in total. The zero-order valence-corrected chi connectivity index (χ0v) is 31.7. The summed E-state index contributed by atoms with van der Waals surface area (Å²) in [6, 6.07) is -1.00. The molecule has 0 heterocycles. The Hall–Kier alpha value is -1.61. The maximum Gasteiger partial charge on any atom is 0.425 e. The van der Waals surface area contributed by atoms with E-state index in [-0.39, 0.29) is 24.3 Å². The van der Waals surface area contributed by atoms with Crippen LogP contribution in [0.2, 0.25) is 0 Å². The summed E-state index contributed by atoms with van der Waals surface area (Å²) < 4.78 is 15.3. The van der Waals surface area contributed by atoms with Crippen LogP contribution < -0.4 is 5.73 Å². The lowest BCUT2D eigenvalue weighted by atomic mass is 10.0. The van der Waals surface area contributed by atoms with Crippen LogP contribution >= 0.6 is 11.8 Å². The number of carbonyl (C=O) groups is 3. The molecule has 0 rings (SSSR count). The third kappa shape index (κ3) is 32.9. The molecule has 281 valence electrons. The van der Waals surface area contributed by atoms with E-state index in [9.17, 15) is 19.2 Å². The number of rotatable bonds is 37. The predicted octanol–water partition coefficient (Wildman–Crippen LogP) is 10.1.